The molecule has 0 spiro atoms. The zero-order chi connectivity index (χ0) is 26.4. The molecule has 0 radical (unpaired) electrons. The Morgan fingerprint density at radius 3 is 2.54 bits per heavy atom. The molecule has 3 aromatic rings. The lowest BCUT2D eigenvalue weighted by atomic mass is 10.1. The monoisotopic (exact) mass is 525 g/mol. The predicted octanol–water partition coefficient (Wildman–Crippen LogP) is 3.95. The van der Waals surface area contributed by atoms with Gasteiger partial charge in [0.2, 0.25) is 11.8 Å². The number of hydrogen-bond acceptors (Lipinski definition) is 6. The molecule has 1 aromatic heterocycles. The van der Waals surface area contributed by atoms with E-state index in [0.717, 1.165) is 24.0 Å². The third-order valence-electron chi connectivity index (χ3n) is 6.17. The molecule has 0 bridgehead atoms. The van der Waals surface area contributed by atoms with Gasteiger partial charge < -0.3 is 24.6 Å². The minimum Gasteiger partial charge on any atom is -0.489 e. The van der Waals surface area contributed by atoms with Crippen LogP contribution in [-0.4, -0.2) is 45.5 Å². The molecule has 2 unspecified atom stereocenters. The molecule has 2 N–H and O–H groups in total. The third kappa shape index (κ3) is 7.10. The summed E-state index contributed by atoms with van der Waals surface area (Å²) >= 11 is 5.91. The number of hydrogen-bond donors (Lipinski definition) is 2. The zero-order valence-corrected chi connectivity index (χ0v) is 21.1. The number of carbonyl (C=O) groups is 3. The van der Waals surface area contributed by atoms with Crippen LogP contribution < -0.4 is 10.1 Å². The van der Waals surface area contributed by atoms with Crippen molar-refractivity contribution in [3.05, 3.63) is 82.2 Å². The van der Waals surface area contributed by atoms with E-state index in [9.17, 15) is 19.5 Å². The maximum Gasteiger partial charge on any atom is 0.326 e. The van der Waals surface area contributed by atoms with Crippen LogP contribution in [0.25, 0.3) is 0 Å². The van der Waals surface area contributed by atoms with Crippen molar-refractivity contribution in [3.63, 3.8) is 0 Å². The second-order valence-corrected chi connectivity index (χ2v) is 9.43. The highest BCUT2D eigenvalue weighted by Crippen LogP contribution is 2.32. The molecular weight excluding hydrogens is 498 g/mol. The van der Waals surface area contributed by atoms with E-state index in [2.05, 4.69) is 10.5 Å². The summed E-state index contributed by atoms with van der Waals surface area (Å²) in [5.74, 6) is -0.583. The van der Waals surface area contributed by atoms with Gasteiger partial charge in [0.1, 0.15) is 29.9 Å². The number of carboxylic acid groups (broad SMARTS) is 1. The van der Waals surface area contributed by atoms with Crippen LogP contribution in [0.15, 0.2) is 59.1 Å². The molecule has 0 aliphatic carbocycles. The Balaban J connectivity index is 1.33. The number of carboxylic acids is 1. The SMILES string of the molecule is CC(=O)NC(Cc1cc(C2CCCN2C(=O)Cc2ccc(OCc3ccc(Cl)cc3)cc2)no1)C(=O)O. The number of benzene rings is 2. The Bertz CT molecular complexity index is 1240. The standard InChI is InChI=1S/C27H28ClN3O6/c1-17(32)29-24(27(34)35)15-22-14-23(30-37-22)25-3-2-12-31(25)26(33)13-18-6-10-21(11-7-18)36-16-19-4-8-20(28)9-5-19/h4-11,14,24-25H,2-3,12-13,15-16H2,1H3,(H,29,32)(H,34,35). The Morgan fingerprint density at radius 2 is 1.86 bits per heavy atom. The van der Waals surface area contributed by atoms with Gasteiger partial charge in [-0.2, -0.15) is 0 Å². The van der Waals surface area contributed by atoms with Crippen molar-refractivity contribution in [1.29, 1.82) is 0 Å². The Labute approximate surface area is 219 Å². The summed E-state index contributed by atoms with van der Waals surface area (Å²) in [6.45, 7) is 2.28. The molecule has 4 rings (SSSR count). The number of likely N-dealkylation sites (tertiary alicyclic amines) is 1. The fraction of sp³-hybridized carbons (Fsp3) is 0.333. The van der Waals surface area contributed by atoms with Crippen molar-refractivity contribution in [3.8, 4) is 5.75 Å². The second kappa shape index (κ2) is 11.9. The van der Waals surface area contributed by atoms with Crippen LogP contribution in [0.2, 0.25) is 5.02 Å². The lowest BCUT2D eigenvalue weighted by molar-refractivity contribution is -0.141. The lowest BCUT2D eigenvalue weighted by Gasteiger charge is -2.23. The minimum absolute atomic E-state index is 0.0245. The van der Waals surface area contributed by atoms with E-state index >= 15 is 0 Å². The molecule has 10 heteroatoms. The lowest BCUT2D eigenvalue weighted by Crippen LogP contribution is -2.41. The topological polar surface area (TPSA) is 122 Å². The van der Waals surface area contributed by atoms with E-state index in [4.69, 9.17) is 20.9 Å². The molecule has 1 fully saturated rings. The van der Waals surface area contributed by atoms with Crippen LogP contribution in [0.4, 0.5) is 0 Å². The van der Waals surface area contributed by atoms with Crippen molar-refractivity contribution < 1.29 is 28.8 Å². The largest absolute Gasteiger partial charge is 0.489 e. The van der Waals surface area contributed by atoms with Crippen LogP contribution in [0, 0.1) is 0 Å². The van der Waals surface area contributed by atoms with Crippen molar-refractivity contribution in [1.82, 2.24) is 15.4 Å². The highest BCUT2D eigenvalue weighted by atomic mass is 35.5. The maximum atomic E-state index is 13.1. The predicted molar refractivity (Wildman–Crippen MR) is 135 cm³/mol. The number of rotatable bonds is 10. The van der Waals surface area contributed by atoms with Crippen LogP contribution >= 0.6 is 11.6 Å². The first-order chi connectivity index (χ1) is 17.8. The summed E-state index contributed by atoms with van der Waals surface area (Å²) < 4.78 is 11.2. The summed E-state index contributed by atoms with van der Waals surface area (Å²) in [7, 11) is 0. The van der Waals surface area contributed by atoms with Crippen LogP contribution in [-0.2, 0) is 33.8 Å². The highest BCUT2D eigenvalue weighted by Gasteiger charge is 2.32. The first-order valence-corrected chi connectivity index (χ1v) is 12.4. The van der Waals surface area contributed by atoms with Crippen molar-refractivity contribution in [2.45, 2.75) is 51.3 Å². The van der Waals surface area contributed by atoms with Gasteiger partial charge in [0, 0.05) is 31.0 Å². The Hall–Kier alpha value is -3.85. The first-order valence-electron chi connectivity index (χ1n) is 12.0. The number of nitrogens with zero attached hydrogens (tertiary/aromatic N) is 2. The molecule has 2 atom stereocenters. The Morgan fingerprint density at radius 1 is 1.16 bits per heavy atom. The van der Waals surface area contributed by atoms with Crippen molar-refractivity contribution in [2.75, 3.05) is 6.54 Å². The summed E-state index contributed by atoms with van der Waals surface area (Å²) in [4.78, 5) is 37.6. The van der Waals surface area contributed by atoms with Gasteiger partial charge >= 0.3 is 5.97 Å². The van der Waals surface area contributed by atoms with E-state index in [-0.39, 0.29) is 24.8 Å². The zero-order valence-electron chi connectivity index (χ0n) is 20.4. The van der Waals surface area contributed by atoms with Gasteiger partial charge in [0.25, 0.3) is 0 Å². The van der Waals surface area contributed by atoms with Crippen LogP contribution in [0.1, 0.15) is 48.4 Å². The van der Waals surface area contributed by atoms with Gasteiger partial charge in [-0.1, -0.05) is 41.0 Å². The van der Waals surface area contributed by atoms with E-state index in [1.165, 1.54) is 6.92 Å². The van der Waals surface area contributed by atoms with Gasteiger partial charge in [0.05, 0.1) is 12.5 Å². The van der Waals surface area contributed by atoms with Gasteiger partial charge in [-0.05, 0) is 48.2 Å². The van der Waals surface area contributed by atoms with Crippen LogP contribution in [0.5, 0.6) is 5.75 Å². The summed E-state index contributed by atoms with van der Waals surface area (Å²) in [6.07, 6.45) is 1.78. The van der Waals surface area contributed by atoms with Gasteiger partial charge in [-0.3, -0.25) is 9.59 Å². The quantitative estimate of drug-likeness (QED) is 0.411. The van der Waals surface area contributed by atoms with E-state index < -0.39 is 17.9 Å². The molecule has 1 aliphatic heterocycles. The molecule has 2 aromatic carbocycles. The Kier molecular flexibility index (Phi) is 8.45. The molecule has 1 saturated heterocycles. The highest BCUT2D eigenvalue weighted by molar-refractivity contribution is 6.30. The number of halogens is 1. The smallest absolute Gasteiger partial charge is 0.326 e. The molecule has 194 valence electrons. The third-order valence-corrected chi connectivity index (χ3v) is 6.42. The van der Waals surface area contributed by atoms with Gasteiger partial charge in [0.15, 0.2) is 0 Å². The maximum absolute atomic E-state index is 13.1. The minimum atomic E-state index is -1.16. The molecule has 9 nitrogen and oxygen atoms in total. The summed E-state index contributed by atoms with van der Waals surface area (Å²) in [6, 6.07) is 15.2. The van der Waals surface area contributed by atoms with E-state index in [1.807, 2.05) is 48.5 Å². The van der Waals surface area contributed by atoms with Crippen LogP contribution in [0.3, 0.4) is 0 Å². The first kappa shape index (κ1) is 26.2. The van der Waals surface area contributed by atoms with E-state index in [0.29, 0.717) is 35.4 Å². The average Bonchev–Trinajstić information content (AvgIpc) is 3.53. The van der Waals surface area contributed by atoms with Gasteiger partial charge in [-0.25, -0.2) is 4.79 Å². The normalized spacial score (nSPS) is 15.8. The van der Waals surface area contributed by atoms with E-state index in [1.54, 1.807) is 11.0 Å². The molecular formula is C27H28ClN3O6. The molecule has 1 aliphatic rings. The number of nitrogens with one attached hydrogen (secondary N) is 1. The number of ether oxygens (including phenoxy) is 1. The molecule has 2 amide bonds. The number of aromatic nitrogens is 1. The second-order valence-electron chi connectivity index (χ2n) is 8.99. The molecule has 2 heterocycles. The number of carbonyl (C=O) groups excluding carboxylic acids is 2. The van der Waals surface area contributed by atoms with Crippen molar-refractivity contribution in [2.24, 2.45) is 0 Å². The molecule has 37 heavy (non-hydrogen) atoms. The van der Waals surface area contributed by atoms with Gasteiger partial charge in [-0.15, -0.1) is 0 Å². The average molecular weight is 526 g/mol. The summed E-state index contributed by atoms with van der Waals surface area (Å²) in [5.41, 5.74) is 2.46. The number of amides is 2. The summed E-state index contributed by atoms with van der Waals surface area (Å²) in [5, 5.41) is 16.5. The molecule has 0 saturated carbocycles. The fourth-order valence-corrected chi connectivity index (χ4v) is 4.45. The fourth-order valence-electron chi connectivity index (χ4n) is 4.33. The van der Waals surface area contributed by atoms with Crippen molar-refractivity contribution >= 4 is 29.4 Å². The number of aliphatic carboxylic acids is 1.